The van der Waals surface area contributed by atoms with Gasteiger partial charge in [-0.25, -0.2) is 4.85 Å². The molecule has 2 aromatic carbocycles. The van der Waals surface area contributed by atoms with Crippen molar-refractivity contribution >= 4 is 17.1 Å². The molecule has 2 aromatic rings. The number of ether oxygens (including phenoxy) is 1. The van der Waals surface area contributed by atoms with Gasteiger partial charge in [-0.15, -0.1) is 0 Å². The molecule has 25 heavy (non-hydrogen) atoms. The third kappa shape index (κ3) is 7.17. The minimum atomic E-state index is 0.603. The van der Waals surface area contributed by atoms with E-state index in [1.807, 2.05) is 24.3 Å². The van der Waals surface area contributed by atoms with E-state index in [2.05, 4.69) is 22.0 Å². The van der Waals surface area contributed by atoms with Gasteiger partial charge in [0.2, 0.25) is 0 Å². The Labute approximate surface area is 150 Å². The molecule has 0 fully saturated rings. The minimum absolute atomic E-state index is 0.603. The van der Waals surface area contributed by atoms with Crippen molar-refractivity contribution in [1.29, 1.82) is 0 Å². The van der Waals surface area contributed by atoms with Crippen molar-refractivity contribution in [3.05, 3.63) is 59.9 Å². The fourth-order valence-corrected chi connectivity index (χ4v) is 2.39. The SMILES string of the molecule is [C-]#[N+]c1ccc(N=Nc2ccc(OCCCCCCCC)cc2)cc1. The molecule has 2 rings (SSSR count). The van der Waals surface area contributed by atoms with E-state index in [1.165, 1.54) is 32.1 Å². The van der Waals surface area contributed by atoms with Gasteiger partial charge in [0.1, 0.15) is 5.75 Å². The molecule has 0 unspecified atom stereocenters. The molecule has 0 aliphatic rings. The Morgan fingerprint density at radius 1 is 0.800 bits per heavy atom. The summed E-state index contributed by atoms with van der Waals surface area (Å²) < 4.78 is 5.76. The van der Waals surface area contributed by atoms with Gasteiger partial charge in [-0.1, -0.05) is 51.2 Å². The van der Waals surface area contributed by atoms with Gasteiger partial charge in [0.25, 0.3) is 0 Å². The summed E-state index contributed by atoms with van der Waals surface area (Å²) in [6.07, 6.45) is 7.58. The third-order valence-electron chi connectivity index (χ3n) is 3.86. The average Bonchev–Trinajstić information content (AvgIpc) is 2.67. The molecule has 0 aromatic heterocycles. The molecule has 4 heteroatoms. The van der Waals surface area contributed by atoms with Crippen molar-refractivity contribution in [3.8, 4) is 5.75 Å². The summed E-state index contributed by atoms with van der Waals surface area (Å²) in [6.45, 7) is 9.93. The van der Waals surface area contributed by atoms with Crippen molar-refractivity contribution in [2.24, 2.45) is 10.2 Å². The molecule has 0 atom stereocenters. The van der Waals surface area contributed by atoms with Crippen LogP contribution in [-0.4, -0.2) is 6.61 Å². The molecule has 0 saturated carbocycles. The average molecular weight is 335 g/mol. The molecule has 0 bridgehead atoms. The van der Waals surface area contributed by atoms with E-state index in [0.717, 1.165) is 30.2 Å². The number of unbranched alkanes of at least 4 members (excludes halogenated alkanes) is 5. The fourth-order valence-electron chi connectivity index (χ4n) is 2.39. The summed E-state index contributed by atoms with van der Waals surface area (Å²) in [7, 11) is 0. The second-order valence-corrected chi connectivity index (χ2v) is 5.94. The van der Waals surface area contributed by atoms with Gasteiger partial charge in [-0.2, -0.15) is 10.2 Å². The largest absolute Gasteiger partial charge is 0.494 e. The van der Waals surface area contributed by atoms with Crippen LogP contribution in [0.25, 0.3) is 4.85 Å². The predicted octanol–water partition coefficient (Wildman–Crippen LogP) is 7.39. The molecule has 0 heterocycles. The monoisotopic (exact) mass is 335 g/mol. The Morgan fingerprint density at radius 3 is 1.96 bits per heavy atom. The van der Waals surface area contributed by atoms with Crippen molar-refractivity contribution in [3.63, 3.8) is 0 Å². The Kier molecular flexibility index (Phi) is 8.20. The van der Waals surface area contributed by atoms with Crippen LogP contribution < -0.4 is 4.74 Å². The molecule has 0 N–H and O–H groups in total. The van der Waals surface area contributed by atoms with Gasteiger partial charge in [0, 0.05) is 0 Å². The first kappa shape index (κ1) is 18.7. The highest BCUT2D eigenvalue weighted by Crippen LogP contribution is 2.23. The smallest absolute Gasteiger partial charge is 0.187 e. The van der Waals surface area contributed by atoms with Crippen LogP contribution in [0.1, 0.15) is 45.4 Å². The predicted molar refractivity (Wildman–Crippen MR) is 102 cm³/mol. The van der Waals surface area contributed by atoms with Gasteiger partial charge in [-0.3, -0.25) is 0 Å². The maximum absolute atomic E-state index is 6.93. The summed E-state index contributed by atoms with van der Waals surface area (Å²) >= 11 is 0. The lowest BCUT2D eigenvalue weighted by atomic mass is 10.1. The van der Waals surface area contributed by atoms with Crippen LogP contribution in [0.15, 0.2) is 58.8 Å². The maximum atomic E-state index is 6.93. The van der Waals surface area contributed by atoms with Gasteiger partial charge >= 0.3 is 0 Å². The standard InChI is InChI=1S/C21H25N3O/c1-3-4-5-6-7-8-17-25-21-15-13-20(14-16-21)24-23-19-11-9-18(22-2)10-12-19/h9-16H,3-8,17H2,1H3. The molecule has 0 aliphatic carbocycles. The zero-order valence-electron chi connectivity index (χ0n) is 14.8. The van der Waals surface area contributed by atoms with Crippen LogP contribution in [0, 0.1) is 6.57 Å². The van der Waals surface area contributed by atoms with Crippen molar-refractivity contribution in [1.82, 2.24) is 0 Å². The Morgan fingerprint density at radius 2 is 1.36 bits per heavy atom. The molecular weight excluding hydrogens is 310 g/mol. The topological polar surface area (TPSA) is 38.3 Å². The van der Waals surface area contributed by atoms with E-state index in [1.54, 1.807) is 24.3 Å². The molecule has 0 aliphatic heterocycles. The highest BCUT2D eigenvalue weighted by molar-refractivity contribution is 5.51. The number of rotatable bonds is 10. The lowest BCUT2D eigenvalue weighted by molar-refractivity contribution is 0.304. The number of nitrogens with zero attached hydrogens (tertiary/aromatic N) is 3. The van der Waals surface area contributed by atoms with Gasteiger partial charge in [0.05, 0.1) is 24.6 Å². The van der Waals surface area contributed by atoms with Gasteiger partial charge < -0.3 is 4.74 Å². The summed E-state index contributed by atoms with van der Waals surface area (Å²) in [5, 5.41) is 8.38. The van der Waals surface area contributed by atoms with Crippen LogP contribution >= 0.6 is 0 Å². The summed E-state index contributed by atoms with van der Waals surface area (Å²) in [4.78, 5) is 3.35. The number of benzene rings is 2. The number of hydrogen-bond acceptors (Lipinski definition) is 3. The summed E-state index contributed by atoms with van der Waals surface area (Å²) in [6, 6.07) is 14.7. The zero-order chi connectivity index (χ0) is 17.7. The first-order valence-corrected chi connectivity index (χ1v) is 8.94. The second kappa shape index (κ2) is 11.0. The molecule has 0 radical (unpaired) electrons. The number of hydrogen-bond donors (Lipinski definition) is 0. The quantitative estimate of drug-likeness (QED) is 0.253. The van der Waals surface area contributed by atoms with E-state index in [4.69, 9.17) is 11.3 Å². The Bertz CT molecular complexity index is 685. The van der Waals surface area contributed by atoms with Crippen molar-refractivity contribution < 1.29 is 4.74 Å². The molecule has 130 valence electrons. The zero-order valence-corrected chi connectivity index (χ0v) is 14.8. The normalized spacial score (nSPS) is 10.7. The van der Waals surface area contributed by atoms with Gasteiger partial charge in [0.15, 0.2) is 5.69 Å². The van der Waals surface area contributed by atoms with Crippen molar-refractivity contribution in [2.75, 3.05) is 6.61 Å². The van der Waals surface area contributed by atoms with E-state index in [-0.39, 0.29) is 0 Å². The minimum Gasteiger partial charge on any atom is -0.494 e. The fraction of sp³-hybridized carbons (Fsp3) is 0.381. The maximum Gasteiger partial charge on any atom is 0.187 e. The molecule has 0 saturated heterocycles. The lowest BCUT2D eigenvalue weighted by Crippen LogP contribution is -1.96. The highest BCUT2D eigenvalue weighted by Gasteiger charge is 1.96. The van der Waals surface area contributed by atoms with E-state index in [0.29, 0.717) is 5.69 Å². The third-order valence-corrected chi connectivity index (χ3v) is 3.86. The summed E-state index contributed by atoms with van der Waals surface area (Å²) in [5.41, 5.74) is 2.11. The first-order chi connectivity index (χ1) is 12.3. The van der Waals surface area contributed by atoms with E-state index >= 15 is 0 Å². The molecule has 0 amide bonds. The Hall–Kier alpha value is -2.67. The Balaban J connectivity index is 1.73. The van der Waals surface area contributed by atoms with Gasteiger partial charge in [-0.05, 0) is 42.8 Å². The van der Waals surface area contributed by atoms with Crippen LogP contribution in [0.3, 0.4) is 0 Å². The van der Waals surface area contributed by atoms with Crippen LogP contribution in [-0.2, 0) is 0 Å². The molecular formula is C21H25N3O. The molecule has 0 spiro atoms. The van der Waals surface area contributed by atoms with E-state index in [9.17, 15) is 0 Å². The first-order valence-electron chi connectivity index (χ1n) is 8.94. The second-order valence-electron chi connectivity index (χ2n) is 5.94. The van der Waals surface area contributed by atoms with E-state index < -0.39 is 0 Å². The van der Waals surface area contributed by atoms with Crippen LogP contribution in [0.2, 0.25) is 0 Å². The number of azo groups is 1. The van der Waals surface area contributed by atoms with Crippen LogP contribution in [0.4, 0.5) is 17.1 Å². The van der Waals surface area contributed by atoms with Crippen molar-refractivity contribution in [2.45, 2.75) is 45.4 Å². The summed E-state index contributed by atoms with van der Waals surface area (Å²) in [5.74, 6) is 0.869. The molecule has 4 nitrogen and oxygen atoms in total. The van der Waals surface area contributed by atoms with Crippen LogP contribution in [0.5, 0.6) is 5.75 Å². The lowest BCUT2D eigenvalue weighted by Gasteiger charge is -2.06. The highest BCUT2D eigenvalue weighted by atomic mass is 16.5.